The van der Waals surface area contributed by atoms with Gasteiger partial charge in [0.05, 0.1) is 5.69 Å². The lowest BCUT2D eigenvalue weighted by Crippen LogP contribution is -2.34. The van der Waals surface area contributed by atoms with Crippen LogP contribution in [-0.4, -0.2) is 24.0 Å². The molecule has 2 heterocycles. The van der Waals surface area contributed by atoms with E-state index in [9.17, 15) is 4.79 Å². The summed E-state index contributed by atoms with van der Waals surface area (Å²) >= 11 is 1.67. The molecule has 0 radical (unpaired) electrons. The van der Waals surface area contributed by atoms with E-state index in [-0.39, 0.29) is 5.91 Å². The molecular formula is C16H25N3OS. The minimum Gasteiger partial charge on any atom is -0.316 e. The van der Waals surface area contributed by atoms with Gasteiger partial charge in [-0.1, -0.05) is 6.92 Å². The molecule has 1 aromatic heterocycles. The van der Waals surface area contributed by atoms with Crippen LogP contribution in [0.1, 0.15) is 49.6 Å². The second-order valence-electron chi connectivity index (χ2n) is 6.43. The highest BCUT2D eigenvalue weighted by Crippen LogP contribution is 2.30. The molecule has 3 rings (SSSR count). The van der Waals surface area contributed by atoms with Gasteiger partial charge in [0, 0.05) is 11.3 Å². The van der Waals surface area contributed by atoms with Gasteiger partial charge in [-0.3, -0.25) is 4.79 Å². The Labute approximate surface area is 130 Å². The molecule has 1 aliphatic carbocycles. The van der Waals surface area contributed by atoms with Crippen molar-refractivity contribution in [3.05, 3.63) is 10.6 Å². The summed E-state index contributed by atoms with van der Waals surface area (Å²) in [4.78, 5) is 18.2. The molecular weight excluding hydrogens is 282 g/mol. The average Bonchev–Trinajstić information content (AvgIpc) is 2.90. The summed E-state index contributed by atoms with van der Waals surface area (Å²) < 4.78 is 0. The molecule has 2 unspecified atom stereocenters. The largest absolute Gasteiger partial charge is 0.316 e. The van der Waals surface area contributed by atoms with Crippen LogP contribution in [0.3, 0.4) is 0 Å². The van der Waals surface area contributed by atoms with E-state index in [4.69, 9.17) is 0 Å². The van der Waals surface area contributed by atoms with Crippen LogP contribution in [0.2, 0.25) is 0 Å². The Hall–Kier alpha value is -0.940. The SMILES string of the molecule is CC(CC(=O)Nc1nc2c(s1)CCCC2)C1CCCNC1. The van der Waals surface area contributed by atoms with Crippen LogP contribution in [0.15, 0.2) is 0 Å². The van der Waals surface area contributed by atoms with E-state index >= 15 is 0 Å². The van der Waals surface area contributed by atoms with Crippen LogP contribution < -0.4 is 10.6 Å². The summed E-state index contributed by atoms with van der Waals surface area (Å²) in [5.74, 6) is 1.19. The number of carbonyl (C=O) groups is 1. The van der Waals surface area contributed by atoms with Gasteiger partial charge in [0.2, 0.25) is 5.91 Å². The molecule has 2 N–H and O–H groups in total. The van der Waals surface area contributed by atoms with E-state index in [1.54, 1.807) is 11.3 Å². The molecule has 1 saturated heterocycles. The normalized spacial score (nSPS) is 23.4. The van der Waals surface area contributed by atoms with Crippen molar-refractivity contribution in [3.8, 4) is 0 Å². The Morgan fingerprint density at radius 1 is 1.43 bits per heavy atom. The summed E-state index contributed by atoms with van der Waals surface area (Å²) in [6.07, 6.45) is 7.78. The van der Waals surface area contributed by atoms with Crippen molar-refractivity contribution in [1.29, 1.82) is 0 Å². The summed E-state index contributed by atoms with van der Waals surface area (Å²) in [6.45, 7) is 4.38. The van der Waals surface area contributed by atoms with Gasteiger partial charge in [0.25, 0.3) is 0 Å². The summed E-state index contributed by atoms with van der Waals surface area (Å²) in [7, 11) is 0. The Balaban J connectivity index is 1.52. The van der Waals surface area contributed by atoms with Gasteiger partial charge >= 0.3 is 0 Å². The molecule has 0 aromatic carbocycles. The van der Waals surface area contributed by atoms with E-state index < -0.39 is 0 Å². The number of thiazole rings is 1. The molecule has 0 bridgehead atoms. The zero-order valence-corrected chi connectivity index (χ0v) is 13.6. The van der Waals surface area contributed by atoms with E-state index in [2.05, 4.69) is 22.5 Å². The number of nitrogens with zero attached hydrogens (tertiary/aromatic N) is 1. The first-order chi connectivity index (χ1) is 10.2. The molecule has 5 heteroatoms. The van der Waals surface area contributed by atoms with Gasteiger partial charge < -0.3 is 10.6 Å². The number of carbonyl (C=O) groups excluding carboxylic acids is 1. The fourth-order valence-electron chi connectivity index (χ4n) is 3.40. The quantitative estimate of drug-likeness (QED) is 0.899. The highest BCUT2D eigenvalue weighted by Gasteiger charge is 2.23. The van der Waals surface area contributed by atoms with Crippen LogP contribution >= 0.6 is 11.3 Å². The molecule has 21 heavy (non-hydrogen) atoms. The lowest BCUT2D eigenvalue weighted by atomic mass is 9.85. The van der Waals surface area contributed by atoms with Crippen molar-refractivity contribution >= 4 is 22.4 Å². The van der Waals surface area contributed by atoms with E-state index in [1.165, 1.54) is 36.3 Å². The van der Waals surface area contributed by atoms with Crippen LogP contribution in [-0.2, 0) is 17.6 Å². The maximum atomic E-state index is 12.2. The Morgan fingerprint density at radius 3 is 3.05 bits per heavy atom. The summed E-state index contributed by atoms with van der Waals surface area (Å²) in [6, 6.07) is 0. The zero-order chi connectivity index (χ0) is 14.7. The maximum absolute atomic E-state index is 12.2. The third-order valence-corrected chi connectivity index (χ3v) is 5.81. The van der Waals surface area contributed by atoms with E-state index in [1.807, 2.05) is 0 Å². The van der Waals surface area contributed by atoms with Gasteiger partial charge in [0.1, 0.15) is 0 Å². The molecule has 0 spiro atoms. The van der Waals surface area contributed by atoms with Crippen LogP contribution in [0.5, 0.6) is 0 Å². The molecule has 1 fully saturated rings. The molecule has 1 amide bonds. The van der Waals surface area contributed by atoms with Crippen molar-refractivity contribution in [2.75, 3.05) is 18.4 Å². The molecule has 2 aliphatic rings. The van der Waals surface area contributed by atoms with Crippen molar-refractivity contribution in [2.45, 2.75) is 51.9 Å². The number of hydrogen-bond donors (Lipinski definition) is 2. The number of rotatable bonds is 4. The minimum atomic E-state index is 0.124. The smallest absolute Gasteiger partial charge is 0.226 e. The summed E-state index contributed by atoms with van der Waals surface area (Å²) in [5.41, 5.74) is 1.21. The number of hydrogen-bond acceptors (Lipinski definition) is 4. The van der Waals surface area contributed by atoms with Crippen molar-refractivity contribution in [1.82, 2.24) is 10.3 Å². The molecule has 116 valence electrons. The number of fused-ring (bicyclic) bond motifs is 1. The number of anilines is 1. The Kier molecular flexibility index (Phi) is 4.91. The first-order valence-corrected chi connectivity index (χ1v) is 9.03. The minimum absolute atomic E-state index is 0.124. The number of aromatic nitrogens is 1. The summed E-state index contributed by atoms with van der Waals surface area (Å²) in [5, 5.41) is 7.25. The fraction of sp³-hybridized carbons (Fsp3) is 0.750. The van der Waals surface area contributed by atoms with Gasteiger partial charge in [-0.05, 0) is 63.5 Å². The number of amides is 1. The van der Waals surface area contributed by atoms with Crippen molar-refractivity contribution in [3.63, 3.8) is 0 Å². The Bertz CT molecular complexity index is 470. The zero-order valence-electron chi connectivity index (χ0n) is 12.8. The molecule has 1 aromatic rings. The topological polar surface area (TPSA) is 54.0 Å². The maximum Gasteiger partial charge on any atom is 0.226 e. The second-order valence-corrected chi connectivity index (χ2v) is 7.52. The van der Waals surface area contributed by atoms with Crippen LogP contribution in [0.4, 0.5) is 5.13 Å². The first kappa shape index (κ1) is 15.0. The lowest BCUT2D eigenvalue weighted by molar-refractivity contribution is -0.117. The predicted molar refractivity (Wildman–Crippen MR) is 86.8 cm³/mol. The van der Waals surface area contributed by atoms with Gasteiger partial charge in [-0.15, -0.1) is 11.3 Å². The molecule has 4 nitrogen and oxygen atoms in total. The third-order valence-electron chi connectivity index (χ3n) is 4.74. The predicted octanol–water partition coefficient (Wildman–Crippen LogP) is 2.99. The molecule has 1 aliphatic heterocycles. The third kappa shape index (κ3) is 3.83. The number of piperidine rings is 1. The monoisotopic (exact) mass is 307 g/mol. The van der Waals surface area contributed by atoms with Crippen LogP contribution in [0, 0.1) is 11.8 Å². The van der Waals surface area contributed by atoms with Gasteiger partial charge in [0.15, 0.2) is 5.13 Å². The second kappa shape index (κ2) is 6.88. The fourth-order valence-corrected chi connectivity index (χ4v) is 4.47. The molecule has 0 saturated carbocycles. The van der Waals surface area contributed by atoms with Crippen LogP contribution in [0.25, 0.3) is 0 Å². The average molecular weight is 307 g/mol. The van der Waals surface area contributed by atoms with Crippen molar-refractivity contribution in [2.24, 2.45) is 11.8 Å². The van der Waals surface area contributed by atoms with E-state index in [0.717, 1.165) is 31.1 Å². The standard InChI is InChI=1S/C16H25N3OS/c1-11(12-5-4-8-17-10-12)9-15(20)19-16-18-13-6-2-3-7-14(13)21-16/h11-12,17H,2-10H2,1H3,(H,18,19,20). The number of nitrogens with one attached hydrogen (secondary N) is 2. The highest BCUT2D eigenvalue weighted by molar-refractivity contribution is 7.15. The number of aryl methyl sites for hydroxylation is 2. The van der Waals surface area contributed by atoms with Gasteiger partial charge in [-0.2, -0.15) is 0 Å². The first-order valence-electron chi connectivity index (χ1n) is 8.21. The highest BCUT2D eigenvalue weighted by atomic mass is 32.1. The van der Waals surface area contributed by atoms with Crippen molar-refractivity contribution < 1.29 is 4.79 Å². The van der Waals surface area contributed by atoms with E-state index in [0.29, 0.717) is 18.3 Å². The molecule has 2 atom stereocenters. The van der Waals surface area contributed by atoms with Gasteiger partial charge in [-0.25, -0.2) is 4.98 Å². The Morgan fingerprint density at radius 2 is 2.29 bits per heavy atom. The lowest BCUT2D eigenvalue weighted by Gasteiger charge is -2.27.